The zero-order valence-electron chi connectivity index (χ0n) is 11.2. The summed E-state index contributed by atoms with van der Waals surface area (Å²) in [4.78, 5) is 26.2. The van der Waals surface area contributed by atoms with Crippen LogP contribution in [0.4, 0.5) is 0 Å². The Morgan fingerprint density at radius 2 is 1.85 bits per heavy atom. The molecule has 0 bridgehead atoms. The Balaban J connectivity index is 1.70. The smallest absolute Gasteiger partial charge is 0.234 e. The monoisotopic (exact) mass is 295 g/mol. The highest BCUT2D eigenvalue weighted by Crippen LogP contribution is 2.09. The van der Waals surface area contributed by atoms with Gasteiger partial charge in [-0.2, -0.15) is 0 Å². The molecular weight excluding hydrogens is 278 g/mol. The highest BCUT2D eigenvalue weighted by atomic mass is 35.5. The van der Waals surface area contributed by atoms with Crippen molar-refractivity contribution in [2.45, 2.75) is 6.54 Å². The zero-order valence-corrected chi connectivity index (χ0v) is 12.0. The number of amides is 2. The second-order valence-electron chi connectivity index (χ2n) is 4.82. The standard InChI is InChI=1S/C14H18ClN3O2/c15-13-3-1-12(2-4-13)9-16-14(20)10-17-5-7-18(11-19)8-6-17/h1-4,11H,5-10H2,(H,16,20). The maximum absolute atomic E-state index is 11.8. The van der Waals surface area contributed by atoms with Gasteiger partial charge in [-0.3, -0.25) is 14.5 Å². The minimum Gasteiger partial charge on any atom is -0.351 e. The maximum Gasteiger partial charge on any atom is 0.234 e. The summed E-state index contributed by atoms with van der Waals surface area (Å²) in [5.74, 6) is -0.000460. The van der Waals surface area contributed by atoms with E-state index in [4.69, 9.17) is 11.6 Å². The number of nitrogens with one attached hydrogen (secondary N) is 1. The largest absolute Gasteiger partial charge is 0.351 e. The number of nitrogens with zero attached hydrogens (tertiary/aromatic N) is 2. The van der Waals surface area contributed by atoms with Crippen LogP contribution in [-0.2, 0) is 16.1 Å². The third-order valence-electron chi connectivity index (χ3n) is 3.33. The lowest BCUT2D eigenvalue weighted by molar-refractivity contribution is -0.123. The van der Waals surface area contributed by atoms with Crippen molar-refractivity contribution in [3.8, 4) is 0 Å². The molecule has 1 saturated heterocycles. The molecule has 20 heavy (non-hydrogen) atoms. The molecule has 0 saturated carbocycles. The molecule has 0 aromatic heterocycles. The van der Waals surface area contributed by atoms with E-state index in [1.807, 2.05) is 24.3 Å². The van der Waals surface area contributed by atoms with Crippen LogP contribution in [0.1, 0.15) is 5.56 Å². The number of rotatable bonds is 5. The number of carbonyl (C=O) groups excluding carboxylic acids is 2. The molecular formula is C14H18ClN3O2. The molecule has 1 aromatic carbocycles. The summed E-state index contributed by atoms with van der Waals surface area (Å²) in [5.41, 5.74) is 1.02. The summed E-state index contributed by atoms with van der Waals surface area (Å²) in [6.45, 7) is 3.74. The van der Waals surface area contributed by atoms with Crippen LogP contribution in [-0.4, -0.2) is 54.8 Å². The number of piperazine rings is 1. The lowest BCUT2D eigenvalue weighted by atomic mass is 10.2. The van der Waals surface area contributed by atoms with Crippen LogP contribution in [0, 0.1) is 0 Å². The van der Waals surface area contributed by atoms with Crippen LogP contribution >= 0.6 is 11.6 Å². The quantitative estimate of drug-likeness (QED) is 0.815. The van der Waals surface area contributed by atoms with Crippen molar-refractivity contribution in [3.05, 3.63) is 34.9 Å². The first kappa shape index (κ1) is 14.8. The summed E-state index contributed by atoms with van der Waals surface area (Å²) in [6.07, 6.45) is 0.859. The first-order chi connectivity index (χ1) is 9.67. The Kier molecular flexibility index (Phi) is 5.38. The van der Waals surface area contributed by atoms with E-state index in [0.29, 0.717) is 31.2 Å². The summed E-state index contributed by atoms with van der Waals surface area (Å²) >= 11 is 5.80. The lowest BCUT2D eigenvalue weighted by Gasteiger charge is -2.31. The minimum atomic E-state index is -0.000460. The van der Waals surface area contributed by atoms with Gasteiger partial charge in [-0.25, -0.2) is 0 Å². The second-order valence-corrected chi connectivity index (χ2v) is 5.26. The van der Waals surface area contributed by atoms with Gasteiger partial charge in [0.15, 0.2) is 0 Å². The van der Waals surface area contributed by atoms with E-state index in [1.54, 1.807) is 4.90 Å². The van der Waals surface area contributed by atoms with Crippen molar-refractivity contribution in [1.29, 1.82) is 0 Å². The van der Waals surface area contributed by atoms with E-state index in [1.165, 1.54) is 0 Å². The molecule has 1 aliphatic rings. The van der Waals surface area contributed by atoms with Gasteiger partial charge in [-0.1, -0.05) is 23.7 Å². The molecule has 1 N–H and O–H groups in total. The lowest BCUT2D eigenvalue weighted by Crippen LogP contribution is -2.48. The average molecular weight is 296 g/mol. The summed E-state index contributed by atoms with van der Waals surface area (Å²) in [7, 11) is 0. The second kappa shape index (κ2) is 7.26. The Labute approximate surface area is 123 Å². The molecule has 2 rings (SSSR count). The van der Waals surface area contributed by atoms with Crippen molar-refractivity contribution in [2.75, 3.05) is 32.7 Å². The fourth-order valence-electron chi connectivity index (χ4n) is 2.09. The molecule has 1 aromatic rings. The highest BCUT2D eigenvalue weighted by Gasteiger charge is 2.17. The van der Waals surface area contributed by atoms with Crippen molar-refractivity contribution in [1.82, 2.24) is 15.1 Å². The van der Waals surface area contributed by atoms with Gasteiger partial charge in [0.1, 0.15) is 0 Å². The number of benzene rings is 1. The number of halogens is 1. The number of carbonyl (C=O) groups is 2. The van der Waals surface area contributed by atoms with Crippen LogP contribution in [0.5, 0.6) is 0 Å². The van der Waals surface area contributed by atoms with Gasteiger partial charge in [0.2, 0.25) is 12.3 Å². The van der Waals surface area contributed by atoms with E-state index >= 15 is 0 Å². The summed E-state index contributed by atoms with van der Waals surface area (Å²) < 4.78 is 0. The van der Waals surface area contributed by atoms with Gasteiger partial charge >= 0.3 is 0 Å². The van der Waals surface area contributed by atoms with Gasteiger partial charge in [0.25, 0.3) is 0 Å². The topological polar surface area (TPSA) is 52.7 Å². The highest BCUT2D eigenvalue weighted by molar-refractivity contribution is 6.30. The zero-order chi connectivity index (χ0) is 14.4. The molecule has 0 spiro atoms. The van der Waals surface area contributed by atoms with Crippen LogP contribution in [0.15, 0.2) is 24.3 Å². The minimum absolute atomic E-state index is 0.000460. The van der Waals surface area contributed by atoms with E-state index in [2.05, 4.69) is 10.2 Å². The molecule has 1 aliphatic heterocycles. The number of hydrogen-bond donors (Lipinski definition) is 1. The Morgan fingerprint density at radius 3 is 2.45 bits per heavy atom. The molecule has 0 aliphatic carbocycles. The van der Waals surface area contributed by atoms with Gasteiger partial charge in [-0.15, -0.1) is 0 Å². The maximum atomic E-state index is 11.8. The molecule has 0 unspecified atom stereocenters. The SMILES string of the molecule is O=CN1CCN(CC(=O)NCc2ccc(Cl)cc2)CC1. The number of hydrogen-bond acceptors (Lipinski definition) is 3. The van der Waals surface area contributed by atoms with Crippen LogP contribution in [0.2, 0.25) is 5.02 Å². The van der Waals surface area contributed by atoms with Gasteiger partial charge < -0.3 is 10.2 Å². The first-order valence-electron chi connectivity index (χ1n) is 6.60. The van der Waals surface area contributed by atoms with Crippen molar-refractivity contribution < 1.29 is 9.59 Å². The molecule has 108 valence electrons. The van der Waals surface area contributed by atoms with Gasteiger partial charge in [0.05, 0.1) is 6.54 Å². The fraction of sp³-hybridized carbons (Fsp3) is 0.429. The predicted octanol–water partition coefficient (Wildman–Crippen LogP) is 0.730. The normalized spacial score (nSPS) is 15.9. The third kappa shape index (κ3) is 4.51. The van der Waals surface area contributed by atoms with E-state index in [9.17, 15) is 9.59 Å². The predicted molar refractivity (Wildman–Crippen MR) is 77.4 cm³/mol. The molecule has 1 heterocycles. The van der Waals surface area contributed by atoms with Gasteiger partial charge in [-0.05, 0) is 17.7 Å². The molecule has 1 fully saturated rings. The average Bonchev–Trinajstić information content (AvgIpc) is 2.47. The summed E-state index contributed by atoms with van der Waals surface area (Å²) in [6, 6.07) is 7.40. The first-order valence-corrected chi connectivity index (χ1v) is 6.98. The molecule has 0 radical (unpaired) electrons. The van der Waals surface area contributed by atoms with Crippen LogP contribution < -0.4 is 5.32 Å². The Bertz CT molecular complexity index is 456. The molecule has 0 atom stereocenters. The van der Waals surface area contributed by atoms with E-state index < -0.39 is 0 Å². The molecule has 5 nitrogen and oxygen atoms in total. The molecule has 2 amide bonds. The Morgan fingerprint density at radius 1 is 1.20 bits per heavy atom. The summed E-state index contributed by atoms with van der Waals surface area (Å²) in [5, 5.41) is 3.57. The van der Waals surface area contributed by atoms with Crippen molar-refractivity contribution in [3.63, 3.8) is 0 Å². The third-order valence-corrected chi connectivity index (χ3v) is 3.58. The van der Waals surface area contributed by atoms with Gasteiger partial charge in [0, 0.05) is 37.7 Å². The van der Waals surface area contributed by atoms with Crippen molar-refractivity contribution in [2.24, 2.45) is 0 Å². The van der Waals surface area contributed by atoms with Crippen molar-refractivity contribution >= 4 is 23.9 Å². The van der Waals surface area contributed by atoms with E-state index in [0.717, 1.165) is 25.1 Å². The Hall–Kier alpha value is -1.59. The van der Waals surface area contributed by atoms with Crippen LogP contribution in [0.25, 0.3) is 0 Å². The molecule has 6 heteroatoms. The van der Waals surface area contributed by atoms with Crippen LogP contribution in [0.3, 0.4) is 0 Å². The van der Waals surface area contributed by atoms with E-state index in [-0.39, 0.29) is 5.91 Å². The fourth-order valence-corrected chi connectivity index (χ4v) is 2.21.